The van der Waals surface area contributed by atoms with Gasteiger partial charge in [-0.15, -0.1) is 0 Å². The number of hydrogen-bond acceptors (Lipinski definition) is 3. The van der Waals surface area contributed by atoms with Crippen LogP contribution < -0.4 is 5.32 Å². The van der Waals surface area contributed by atoms with E-state index < -0.39 is 0 Å². The molecule has 0 aliphatic heterocycles. The third kappa shape index (κ3) is 2.40. The standard InChI is InChI=1S/C20H17NO3/c1-12-18-16(22)7-4-8-17(18)24-19(12)20(23)21-15-10-9-13-5-2-3-6-14(13)11-15/h2-3,5-6,9-11H,4,7-8H2,1H3,(H,21,23). The zero-order valence-electron chi connectivity index (χ0n) is 13.4. The number of aryl methyl sites for hydroxylation is 1. The van der Waals surface area contributed by atoms with Crippen LogP contribution in [-0.2, 0) is 6.42 Å². The number of rotatable bonds is 2. The van der Waals surface area contributed by atoms with Crippen molar-refractivity contribution in [2.75, 3.05) is 5.32 Å². The lowest BCUT2D eigenvalue weighted by Gasteiger charge is -2.07. The summed E-state index contributed by atoms with van der Waals surface area (Å²) in [5, 5.41) is 5.04. The molecule has 3 aromatic rings. The van der Waals surface area contributed by atoms with Crippen LogP contribution in [0.4, 0.5) is 5.69 Å². The van der Waals surface area contributed by atoms with E-state index in [4.69, 9.17) is 4.42 Å². The van der Waals surface area contributed by atoms with Crippen LogP contribution in [0.2, 0.25) is 0 Å². The minimum atomic E-state index is -0.315. The summed E-state index contributed by atoms with van der Waals surface area (Å²) >= 11 is 0. The van der Waals surface area contributed by atoms with Gasteiger partial charge >= 0.3 is 0 Å². The van der Waals surface area contributed by atoms with Gasteiger partial charge in [-0.05, 0) is 36.2 Å². The van der Waals surface area contributed by atoms with Crippen molar-refractivity contribution in [2.24, 2.45) is 0 Å². The van der Waals surface area contributed by atoms with E-state index >= 15 is 0 Å². The van der Waals surface area contributed by atoms with Crippen molar-refractivity contribution in [3.63, 3.8) is 0 Å². The van der Waals surface area contributed by atoms with Crippen LogP contribution >= 0.6 is 0 Å². The van der Waals surface area contributed by atoms with Crippen molar-refractivity contribution in [3.05, 3.63) is 65.1 Å². The van der Waals surface area contributed by atoms with Crippen LogP contribution in [0.25, 0.3) is 10.8 Å². The largest absolute Gasteiger partial charge is 0.455 e. The Balaban J connectivity index is 1.65. The average molecular weight is 319 g/mol. The number of carbonyl (C=O) groups is 2. The molecule has 24 heavy (non-hydrogen) atoms. The summed E-state index contributed by atoms with van der Waals surface area (Å²) in [5.74, 6) is 0.642. The Morgan fingerprint density at radius 1 is 1.08 bits per heavy atom. The molecule has 120 valence electrons. The Labute approximate surface area is 139 Å². The molecular weight excluding hydrogens is 302 g/mol. The highest BCUT2D eigenvalue weighted by molar-refractivity contribution is 6.08. The maximum Gasteiger partial charge on any atom is 0.291 e. The van der Waals surface area contributed by atoms with Crippen molar-refractivity contribution in [3.8, 4) is 0 Å². The molecule has 0 fully saturated rings. The molecule has 4 rings (SSSR count). The lowest BCUT2D eigenvalue weighted by molar-refractivity contribution is 0.0963. The summed E-state index contributed by atoms with van der Waals surface area (Å²) in [6, 6.07) is 13.7. The third-order valence-electron chi connectivity index (χ3n) is 4.52. The zero-order valence-corrected chi connectivity index (χ0v) is 13.4. The van der Waals surface area contributed by atoms with Gasteiger partial charge in [-0.1, -0.05) is 30.3 Å². The highest BCUT2D eigenvalue weighted by atomic mass is 16.4. The van der Waals surface area contributed by atoms with E-state index in [1.165, 1.54) is 0 Å². The predicted octanol–water partition coefficient (Wildman–Crippen LogP) is 4.51. The van der Waals surface area contributed by atoms with E-state index in [1.54, 1.807) is 6.92 Å². The second-order valence-electron chi connectivity index (χ2n) is 6.15. The topological polar surface area (TPSA) is 59.3 Å². The molecule has 0 spiro atoms. The molecule has 1 N–H and O–H groups in total. The Bertz CT molecular complexity index is 968. The molecule has 4 nitrogen and oxygen atoms in total. The molecule has 1 aliphatic rings. The highest BCUT2D eigenvalue weighted by Gasteiger charge is 2.28. The highest BCUT2D eigenvalue weighted by Crippen LogP contribution is 2.30. The van der Waals surface area contributed by atoms with E-state index in [0.717, 1.165) is 17.2 Å². The smallest absolute Gasteiger partial charge is 0.291 e. The number of furan rings is 1. The first-order valence-electron chi connectivity index (χ1n) is 8.09. The first-order chi connectivity index (χ1) is 11.6. The Kier molecular flexibility index (Phi) is 3.45. The number of anilines is 1. The summed E-state index contributed by atoms with van der Waals surface area (Å²) in [6.45, 7) is 1.78. The molecule has 0 unspecified atom stereocenters. The molecule has 0 saturated heterocycles. The molecule has 0 bridgehead atoms. The SMILES string of the molecule is Cc1c(C(=O)Nc2ccc3ccccc3c2)oc2c1C(=O)CCC2. The lowest BCUT2D eigenvalue weighted by Crippen LogP contribution is -2.13. The molecule has 2 aromatic carbocycles. The summed E-state index contributed by atoms with van der Waals surface area (Å²) in [7, 11) is 0. The zero-order chi connectivity index (χ0) is 16.7. The van der Waals surface area contributed by atoms with E-state index in [2.05, 4.69) is 5.32 Å². The molecule has 0 atom stereocenters. The third-order valence-corrected chi connectivity index (χ3v) is 4.52. The van der Waals surface area contributed by atoms with Crippen LogP contribution in [0, 0.1) is 6.92 Å². The molecule has 1 aromatic heterocycles. The van der Waals surface area contributed by atoms with Crippen molar-refractivity contribution >= 4 is 28.2 Å². The number of Topliss-reactive ketones (excluding diaryl/α,β-unsaturated/α-hetero) is 1. The van der Waals surface area contributed by atoms with Gasteiger partial charge in [0.1, 0.15) is 5.76 Å². The van der Waals surface area contributed by atoms with Crippen LogP contribution in [0.3, 0.4) is 0 Å². The first kappa shape index (κ1) is 14.7. The minimum Gasteiger partial charge on any atom is -0.455 e. The summed E-state index contributed by atoms with van der Waals surface area (Å²) in [4.78, 5) is 24.6. The maximum atomic E-state index is 12.6. The van der Waals surface area contributed by atoms with Crippen molar-refractivity contribution < 1.29 is 14.0 Å². The van der Waals surface area contributed by atoms with Gasteiger partial charge < -0.3 is 9.73 Å². The van der Waals surface area contributed by atoms with E-state index in [9.17, 15) is 9.59 Å². The van der Waals surface area contributed by atoms with Gasteiger partial charge in [0, 0.05) is 24.1 Å². The Hall–Kier alpha value is -2.88. The molecule has 0 radical (unpaired) electrons. The number of fused-ring (bicyclic) bond motifs is 2. The molecule has 0 saturated carbocycles. The second-order valence-corrected chi connectivity index (χ2v) is 6.15. The normalized spacial score (nSPS) is 13.8. The number of hydrogen-bond donors (Lipinski definition) is 1. The van der Waals surface area contributed by atoms with E-state index in [-0.39, 0.29) is 17.5 Å². The number of benzene rings is 2. The van der Waals surface area contributed by atoms with Crippen LogP contribution in [-0.4, -0.2) is 11.7 Å². The molecule has 1 heterocycles. The first-order valence-corrected chi connectivity index (χ1v) is 8.09. The fourth-order valence-corrected chi connectivity index (χ4v) is 3.32. The Morgan fingerprint density at radius 2 is 1.88 bits per heavy atom. The Morgan fingerprint density at radius 3 is 2.67 bits per heavy atom. The molecule has 1 aliphatic carbocycles. The van der Waals surface area contributed by atoms with Gasteiger partial charge in [-0.3, -0.25) is 9.59 Å². The van der Waals surface area contributed by atoms with Crippen LogP contribution in [0.1, 0.15) is 45.1 Å². The number of amides is 1. The van der Waals surface area contributed by atoms with Crippen molar-refractivity contribution in [1.29, 1.82) is 0 Å². The van der Waals surface area contributed by atoms with Gasteiger partial charge in [0.15, 0.2) is 11.5 Å². The van der Waals surface area contributed by atoms with Crippen molar-refractivity contribution in [2.45, 2.75) is 26.2 Å². The monoisotopic (exact) mass is 319 g/mol. The molecule has 1 amide bonds. The molecular formula is C20H17NO3. The average Bonchev–Trinajstić information content (AvgIpc) is 2.93. The summed E-state index contributed by atoms with van der Waals surface area (Å²) in [5.41, 5.74) is 1.96. The fraction of sp³-hybridized carbons (Fsp3) is 0.200. The summed E-state index contributed by atoms with van der Waals surface area (Å²) < 4.78 is 5.70. The summed E-state index contributed by atoms with van der Waals surface area (Å²) in [6.07, 6.45) is 2.02. The van der Waals surface area contributed by atoms with E-state index in [1.807, 2.05) is 42.5 Å². The van der Waals surface area contributed by atoms with Gasteiger partial charge in [0.25, 0.3) is 5.91 Å². The van der Waals surface area contributed by atoms with E-state index in [0.29, 0.717) is 35.4 Å². The lowest BCUT2D eigenvalue weighted by atomic mass is 9.94. The van der Waals surface area contributed by atoms with Crippen molar-refractivity contribution in [1.82, 2.24) is 0 Å². The maximum absolute atomic E-state index is 12.6. The number of ketones is 1. The fourth-order valence-electron chi connectivity index (χ4n) is 3.32. The number of nitrogens with one attached hydrogen (secondary N) is 1. The van der Waals surface area contributed by atoms with Crippen LogP contribution in [0.5, 0.6) is 0 Å². The number of carbonyl (C=O) groups excluding carboxylic acids is 2. The van der Waals surface area contributed by atoms with Gasteiger partial charge in [-0.25, -0.2) is 0 Å². The van der Waals surface area contributed by atoms with Gasteiger partial charge in [0.2, 0.25) is 0 Å². The van der Waals surface area contributed by atoms with Gasteiger partial charge in [0.05, 0.1) is 5.56 Å². The minimum absolute atomic E-state index is 0.0715. The van der Waals surface area contributed by atoms with Crippen LogP contribution in [0.15, 0.2) is 46.9 Å². The molecule has 4 heteroatoms. The van der Waals surface area contributed by atoms with Gasteiger partial charge in [-0.2, -0.15) is 0 Å². The predicted molar refractivity (Wildman–Crippen MR) is 92.6 cm³/mol. The second kappa shape index (κ2) is 5.64. The quantitative estimate of drug-likeness (QED) is 0.756.